The second-order valence-electron chi connectivity index (χ2n) is 19.8. The van der Waals surface area contributed by atoms with Crippen LogP contribution in [0.5, 0.6) is 0 Å². The van der Waals surface area contributed by atoms with E-state index in [9.17, 15) is 115 Å². The summed E-state index contributed by atoms with van der Waals surface area (Å²) in [6.45, 7) is 0. The number of hydrogen-bond donors (Lipinski definition) is 2. The summed E-state index contributed by atoms with van der Waals surface area (Å²) in [6.07, 6.45) is -77.3. The predicted molar refractivity (Wildman–Crippen MR) is 252 cm³/mol. The van der Waals surface area contributed by atoms with E-state index in [1.807, 2.05) is 0 Å². The molecule has 7 aromatic carbocycles. The maximum Gasteiger partial charge on any atom is 0.635 e. The fourth-order valence-corrected chi connectivity index (χ4v) is 10.0. The Labute approximate surface area is 502 Å². The average Bonchev–Trinajstić information content (AvgIpc) is 0.723. The van der Waals surface area contributed by atoms with Crippen molar-refractivity contribution >= 4 is 7.32 Å². The van der Waals surface area contributed by atoms with Gasteiger partial charge in [0.1, 0.15) is 5.60 Å². The third-order valence-corrected chi connectivity index (χ3v) is 13.7. The lowest BCUT2D eigenvalue weighted by molar-refractivity contribution is -0.150. The Morgan fingerprint density at radius 3 is 0.611 bits per heavy atom. The highest BCUT2D eigenvalue weighted by atomic mass is 19.5. The van der Waals surface area contributed by atoms with Crippen molar-refractivity contribution in [3.05, 3.63) is 199 Å². The van der Waals surface area contributed by atoms with Crippen LogP contribution in [0.2, 0.25) is 0 Å². The van der Waals surface area contributed by atoms with Crippen LogP contribution < -0.4 is 0 Å². The standard InChI is InChI=1S/C55H21BF36O3/c57-44(58,59)25-12-31(48(69,70)71)39(32(13-25)49(72,73)74)20-1-5-22(6-2-20)43(95-56(93)94,23-7-3-21(4-8-23)40-33(50(75,76)77)14-26(45(60,61)62)15-34(40)51(78,79)80)24-9-10-29(41-35(52(81,82)83)16-27(46(63,64)65)17-36(41)53(84,85)86)30(11-24)42-37(54(87,88)89)18-28(47(66,67)68)19-38(42)55(90,91)92/h1-19,93-94H. The molecule has 0 fully saturated rings. The van der Waals surface area contributed by atoms with Gasteiger partial charge in [0.2, 0.25) is 0 Å². The molecule has 2 N–H and O–H groups in total. The van der Waals surface area contributed by atoms with Gasteiger partial charge in [-0.05, 0) is 93.5 Å². The average molecular weight is 1420 g/mol. The minimum absolute atomic E-state index is 0.0453. The number of halogens is 36. The van der Waals surface area contributed by atoms with Crippen LogP contribution in [0.4, 0.5) is 158 Å². The Kier molecular flexibility index (Phi) is 18.5. The molecule has 0 saturated carbocycles. The molecule has 514 valence electrons. The molecule has 3 nitrogen and oxygen atoms in total. The van der Waals surface area contributed by atoms with Gasteiger partial charge in [0.05, 0.1) is 66.8 Å². The summed E-state index contributed by atoms with van der Waals surface area (Å²) in [6, 6.07) is -10.8. The highest BCUT2D eigenvalue weighted by Gasteiger charge is 2.53. The molecule has 0 unspecified atom stereocenters. The van der Waals surface area contributed by atoms with Crippen LogP contribution >= 0.6 is 0 Å². The van der Waals surface area contributed by atoms with E-state index < -0.39 is 276 Å². The zero-order valence-electron chi connectivity index (χ0n) is 44.5. The number of benzene rings is 7. The summed E-state index contributed by atoms with van der Waals surface area (Å²) in [4.78, 5) is 0. The first kappa shape index (κ1) is 74.4. The van der Waals surface area contributed by atoms with Crippen molar-refractivity contribution in [1.29, 1.82) is 0 Å². The molecule has 7 aromatic rings. The van der Waals surface area contributed by atoms with Gasteiger partial charge in [-0.3, -0.25) is 0 Å². The fourth-order valence-electron chi connectivity index (χ4n) is 10.0. The monoisotopic (exact) mass is 1420 g/mol. The van der Waals surface area contributed by atoms with Gasteiger partial charge >= 0.3 is 81.4 Å². The second-order valence-corrected chi connectivity index (χ2v) is 19.8. The zero-order chi connectivity index (χ0) is 72.5. The van der Waals surface area contributed by atoms with Crippen LogP contribution in [-0.4, -0.2) is 17.4 Å². The van der Waals surface area contributed by atoms with Crippen LogP contribution in [0.3, 0.4) is 0 Å². The summed E-state index contributed by atoms with van der Waals surface area (Å²) >= 11 is 0. The Morgan fingerprint density at radius 1 is 0.211 bits per heavy atom. The van der Waals surface area contributed by atoms with Gasteiger partial charge in [-0.1, -0.05) is 60.7 Å². The molecule has 0 bridgehead atoms. The number of hydrogen-bond acceptors (Lipinski definition) is 3. The van der Waals surface area contributed by atoms with E-state index in [1.165, 1.54) is 0 Å². The third kappa shape index (κ3) is 15.2. The molecule has 95 heavy (non-hydrogen) atoms. The van der Waals surface area contributed by atoms with Crippen molar-refractivity contribution in [3.63, 3.8) is 0 Å². The maximum atomic E-state index is 15.4. The largest absolute Gasteiger partial charge is 0.635 e. The Balaban J connectivity index is 1.80. The molecule has 0 atom stereocenters. The Hall–Kier alpha value is -8.04. The van der Waals surface area contributed by atoms with Crippen LogP contribution in [0.15, 0.2) is 115 Å². The SMILES string of the molecule is OB(O)OC(c1ccc(-c2c(C(F)(F)F)cc(C(F)(F)F)cc2C(F)(F)F)cc1)(c1ccc(-c2c(C(F)(F)F)cc(C(F)(F)F)cc2C(F)(F)F)cc1)c1ccc(-c2c(C(F)(F)F)cc(C(F)(F)F)cc2C(F)(F)F)c(-c2c(C(F)(F)F)cc(C(F)(F)F)cc2C(F)(F)F)c1. The number of rotatable bonds is 9. The quantitative estimate of drug-likeness (QED) is 0.0860. The summed E-state index contributed by atoms with van der Waals surface area (Å²) < 4.78 is 533. The van der Waals surface area contributed by atoms with Gasteiger partial charge in [0.25, 0.3) is 0 Å². The van der Waals surface area contributed by atoms with Crippen LogP contribution in [0.25, 0.3) is 44.5 Å². The van der Waals surface area contributed by atoms with E-state index in [0.717, 1.165) is 0 Å². The van der Waals surface area contributed by atoms with Gasteiger partial charge in [0.15, 0.2) is 0 Å². The molecular weight excluding hydrogens is 1400 g/mol. The van der Waals surface area contributed by atoms with Gasteiger partial charge in [-0.15, -0.1) is 0 Å². The summed E-state index contributed by atoms with van der Waals surface area (Å²) in [5, 5.41) is 21.2. The lowest BCUT2D eigenvalue weighted by Crippen LogP contribution is -2.39. The first-order valence-corrected chi connectivity index (χ1v) is 24.5. The van der Waals surface area contributed by atoms with E-state index in [4.69, 9.17) is 4.65 Å². The van der Waals surface area contributed by atoms with E-state index in [0.29, 0.717) is 0 Å². The van der Waals surface area contributed by atoms with Crippen molar-refractivity contribution in [2.75, 3.05) is 0 Å². The molecule has 0 radical (unpaired) electrons. The van der Waals surface area contributed by atoms with Gasteiger partial charge in [-0.2, -0.15) is 158 Å². The summed E-state index contributed by atoms with van der Waals surface area (Å²) in [5.74, 6) is 0. The second kappa shape index (κ2) is 23.7. The normalized spacial score (nSPS) is 14.0. The predicted octanol–water partition coefficient (Wildman–Crippen LogP) is 21.9. The smallest absolute Gasteiger partial charge is 0.402 e. The van der Waals surface area contributed by atoms with Crippen molar-refractivity contribution in [2.24, 2.45) is 0 Å². The fraction of sp³-hybridized carbons (Fsp3) is 0.236. The maximum absolute atomic E-state index is 15.4. The van der Waals surface area contributed by atoms with E-state index in [1.54, 1.807) is 0 Å². The topological polar surface area (TPSA) is 49.7 Å². The lowest BCUT2D eigenvalue weighted by Gasteiger charge is -2.37. The molecule has 0 spiro atoms. The van der Waals surface area contributed by atoms with E-state index in [2.05, 4.69) is 0 Å². The van der Waals surface area contributed by atoms with Crippen molar-refractivity contribution in [2.45, 2.75) is 79.7 Å². The molecule has 0 aliphatic carbocycles. The minimum atomic E-state index is -6.85. The molecule has 40 heteroatoms. The molecule has 0 aliphatic rings. The first-order chi connectivity index (χ1) is 42.5. The Bertz CT molecular complexity index is 3750. The molecular formula is C55H21BF36O3. The van der Waals surface area contributed by atoms with Crippen LogP contribution in [-0.2, 0) is 84.4 Å². The third-order valence-electron chi connectivity index (χ3n) is 13.7. The molecule has 0 aromatic heterocycles. The van der Waals surface area contributed by atoms with Gasteiger partial charge < -0.3 is 14.7 Å². The minimum Gasteiger partial charge on any atom is -0.402 e. The number of alkyl halides is 36. The van der Waals surface area contributed by atoms with Gasteiger partial charge in [0, 0.05) is 22.3 Å². The molecule has 7 rings (SSSR count). The van der Waals surface area contributed by atoms with Crippen molar-refractivity contribution in [3.8, 4) is 44.5 Å². The summed E-state index contributed by atoms with van der Waals surface area (Å²) in [7, 11) is -3.88. The van der Waals surface area contributed by atoms with E-state index >= 15 is 52.7 Å². The van der Waals surface area contributed by atoms with Gasteiger partial charge in [-0.25, -0.2) is 0 Å². The highest BCUT2D eigenvalue weighted by Crippen LogP contribution is 2.57. The Morgan fingerprint density at radius 2 is 0.411 bits per heavy atom. The van der Waals surface area contributed by atoms with E-state index in [-0.39, 0.29) is 54.6 Å². The zero-order valence-corrected chi connectivity index (χ0v) is 44.5. The highest BCUT2D eigenvalue weighted by molar-refractivity contribution is 6.33. The van der Waals surface area contributed by atoms with Crippen LogP contribution in [0, 0.1) is 0 Å². The molecule has 0 amide bonds. The summed E-state index contributed by atoms with van der Waals surface area (Å²) in [5.41, 5.74) is -64.4. The molecule has 0 saturated heterocycles. The molecule has 0 heterocycles. The van der Waals surface area contributed by atoms with Crippen molar-refractivity contribution in [1.82, 2.24) is 0 Å². The molecule has 0 aliphatic heterocycles. The van der Waals surface area contributed by atoms with Crippen LogP contribution in [0.1, 0.15) is 83.5 Å². The van der Waals surface area contributed by atoms with Crippen molar-refractivity contribution < 1.29 is 173 Å². The lowest BCUT2D eigenvalue weighted by atomic mass is 9.75. The first-order valence-electron chi connectivity index (χ1n) is 24.5.